The number of benzene rings is 2. The molecule has 0 fully saturated rings. The van der Waals surface area contributed by atoms with Gasteiger partial charge in [0.15, 0.2) is 0 Å². The van der Waals surface area contributed by atoms with E-state index in [0.29, 0.717) is 11.4 Å². The molecule has 0 aliphatic rings. The van der Waals surface area contributed by atoms with Crippen LogP contribution in [0.25, 0.3) is 0 Å². The Labute approximate surface area is 123 Å². The molecule has 2 aromatic rings. The van der Waals surface area contributed by atoms with Crippen LogP contribution < -0.4 is 15.4 Å². The maximum Gasteiger partial charge on any atom is 0.242 e. The Balaban J connectivity index is 2.44. The number of nitrogen functional groups attached to an aromatic ring is 1. The zero-order valence-electron chi connectivity index (χ0n) is 11.7. The summed E-state index contributed by atoms with van der Waals surface area (Å²) in [5, 5.41) is 0. The Kier molecular flexibility index (Phi) is 4.15. The van der Waals surface area contributed by atoms with Crippen molar-refractivity contribution in [2.24, 2.45) is 0 Å². The van der Waals surface area contributed by atoms with E-state index in [1.807, 2.05) is 0 Å². The molecule has 0 aliphatic heterocycles. The molecule has 0 saturated carbocycles. The van der Waals surface area contributed by atoms with Crippen molar-refractivity contribution in [3.8, 4) is 0 Å². The molecule has 3 N–H and O–H groups in total. The molecular weight excluding hydrogens is 293 g/mol. The smallest absolute Gasteiger partial charge is 0.242 e. The standard InChI is InChI=1S/C14H16FN3O2S/c1-17-21(19,20)14-8-7-10(9-12(14)16)18(2)13-6-4-3-5-11(13)15/h3-9,17H,16H2,1-2H3. The summed E-state index contributed by atoms with van der Waals surface area (Å²) < 4.78 is 39.5. The minimum absolute atomic E-state index is 0.00400. The fourth-order valence-corrected chi connectivity index (χ4v) is 2.80. The number of nitrogens with two attached hydrogens (primary N) is 1. The van der Waals surface area contributed by atoms with Crippen LogP contribution in [0.3, 0.4) is 0 Å². The van der Waals surface area contributed by atoms with Crippen molar-refractivity contribution < 1.29 is 12.8 Å². The molecule has 0 aromatic heterocycles. The molecule has 0 heterocycles. The van der Waals surface area contributed by atoms with Crippen molar-refractivity contribution in [3.63, 3.8) is 0 Å². The van der Waals surface area contributed by atoms with Gasteiger partial charge < -0.3 is 10.6 Å². The molecule has 0 atom stereocenters. The number of nitrogens with one attached hydrogen (secondary N) is 1. The lowest BCUT2D eigenvalue weighted by atomic mass is 10.2. The van der Waals surface area contributed by atoms with Gasteiger partial charge in [0.1, 0.15) is 10.7 Å². The van der Waals surface area contributed by atoms with Gasteiger partial charge in [0, 0.05) is 12.7 Å². The van der Waals surface area contributed by atoms with Crippen molar-refractivity contribution in [2.45, 2.75) is 4.90 Å². The van der Waals surface area contributed by atoms with Gasteiger partial charge in [-0.05, 0) is 37.4 Å². The molecule has 2 aromatic carbocycles. The Morgan fingerprint density at radius 1 is 1.19 bits per heavy atom. The quantitative estimate of drug-likeness (QED) is 0.848. The Morgan fingerprint density at radius 2 is 1.86 bits per heavy atom. The zero-order valence-corrected chi connectivity index (χ0v) is 12.5. The Hall–Kier alpha value is -2.12. The van der Waals surface area contributed by atoms with Gasteiger partial charge >= 0.3 is 0 Å². The third-order valence-corrected chi connectivity index (χ3v) is 4.64. The van der Waals surface area contributed by atoms with E-state index in [4.69, 9.17) is 5.73 Å². The number of halogens is 1. The number of para-hydroxylation sites is 1. The fraction of sp³-hybridized carbons (Fsp3) is 0.143. The zero-order chi connectivity index (χ0) is 15.6. The first-order valence-corrected chi connectivity index (χ1v) is 7.66. The predicted octanol–water partition coefficient (Wildman–Crippen LogP) is 2.08. The number of hydrogen-bond donors (Lipinski definition) is 2. The minimum Gasteiger partial charge on any atom is -0.398 e. The average molecular weight is 309 g/mol. The van der Waals surface area contributed by atoms with Gasteiger partial charge in [0.2, 0.25) is 10.0 Å². The van der Waals surface area contributed by atoms with Crippen LogP contribution in [0.4, 0.5) is 21.5 Å². The summed E-state index contributed by atoms with van der Waals surface area (Å²) in [6.07, 6.45) is 0. The highest BCUT2D eigenvalue weighted by Gasteiger charge is 2.17. The van der Waals surface area contributed by atoms with Crippen LogP contribution in [-0.2, 0) is 10.0 Å². The van der Waals surface area contributed by atoms with Gasteiger partial charge in [-0.25, -0.2) is 17.5 Å². The first-order valence-electron chi connectivity index (χ1n) is 6.18. The Bertz CT molecular complexity index is 763. The molecule has 0 aliphatic carbocycles. The van der Waals surface area contributed by atoms with E-state index in [9.17, 15) is 12.8 Å². The highest BCUT2D eigenvalue weighted by Crippen LogP contribution is 2.29. The largest absolute Gasteiger partial charge is 0.398 e. The van der Waals surface area contributed by atoms with Crippen LogP contribution in [0.1, 0.15) is 0 Å². The summed E-state index contributed by atoms with van der Waals surface area (Å²) in [5.41, 5.74) is 6.87. The second kappa shape index (κ2) is 5.71. The summed E-state index contributed by atoms with van der Waals surface area (Å²) >= 11 is 0. The van der Waals surface area contributed by atoms with E-state index in [1.54, 1.807) is 36.2 Å². The Morgan fingerprint density at radius 3 is 2.43 bits per heavy atom. The van der Waals surface area contributed by atoms with Crippen LogP contribution in [0.2, 0.25) is 0 Å². The first-order chi connectivity index (χ1) is 9.86. The van der Waals surface area contributed by atoms with Crippen LogP contribution in [0.15, 0.2) is 47.4 Å². The van der Waals surface area contributed by atoms with Crippen LogP contribution in [0, 0.1) is 5.82 Å². The summed E-state index contributed by atoms with van der Waals surface area (Å²) in [5.74, 6) is -0.370. The predicted molar refractivity (Wildman–Crippen MR) is 81.6 cm³/mol. The highest BCUT2D eigenvalue weighted by atomic mass is 32.2. The molecule has 21 heavy (non-hydrogen) atoms. The third-order valence-electron chi connectivity index (χ3n) is 3.15. The van der Waals surface area contributed by atoms with E-state index in [0.717, 1.165) is 0 Å². The van der Waals surface area contributed by atoms with Gasteiger partial charge in [0.05, 0.1) is 11.4 Å². The number of rotatable bonds is 4. The molecular formula is C14H16FN3O2S. The summed E-state index contributed by atoms with van der Waals surface area (Å²) in [6, 6.07) is 10.8. The van der Waals surface area contributed by atoms with E-state index in [1.165, 1.54) is 25.2 Å². The molecule has 0 saturated heterocycles. The fourth-order valence-electron chi connectivity index (χ4n) is 1.96. The molecule has 112 valence electrons. The summed E-state index contributed by atoms with van der Waals surface area (Å²) in [6.45, 7) is 0. The SMILES string of the molecule is CNS(=O)(=O)c1ccc(N(C)c2ccccc2F)cc1N. The van der Waals surface area contributed by atoms with Gasteiger partial charge in [-0.3, -0.25) is 0 Å². The first kappa shape index (κ1) is 15.3. The van der Waals surface area contributed by atoms with E-state index in [-0.39, 0.29) is 16.4 Å². The second-order valence-corrected chi connectivity index (χ2v) is 6.30. The van der Waals surface area contributed by atoms with Crippen molar-refractivity contribution in [1.82, 2.24) is 4.72 Å². The molecule has 0 amide bonds. The van der Waals surface area contributed by atoms with Crippen LogP contribution >= 0.6 is 0 Å². The topological polar surface area (TPSA) is 75.4 Å². The lowest BCUT2D eigenvalue weighted by Gasteiger charge is -2.21. The third kappa shape index (κ3) is 2.98. The lowest BCUT2D eigenvalue weighted by molar-refractivity contribution is 0.588. The molecule has 7 heteroatoms. The number of hydrogen-bond acceptors (Lipinski definition) is 4. The lowest BCUT2D eigenvalue weighted by Crippen LogP contribution is -2.20. The van der Waals surface area contributed by atoms with Crippen LogP contribution in [0.5, 0.6) is 0 Å². The van der Waals surface area contributed by atoms with E-state index < -0.39 is 10.0 Å². The van der Waals surface area contributed by atoms with Gasteiger partial charge in [0.25, 0.3) is 0 Å². The maximum atomic E-state index is 13.8. The van der Waals surface area contributed by atoms with Crippen molar-refractivity contribution in [3.05, 3.63) is 48.3 Å². The van der Waals surface area contributed by atoms with E-state index >= 15 is 0 Å². The monoisotopic (exact) mass is 309 g/mol. The maximum absolute atomic E-state index is 13.8. The minimum atomic E-state index is -3.61. The second-order valence-electron chi connectivity index (χ2n) is 4.44. The van der Waals surface area contributed by atoms with Gasteiger partial charge in [-0.1, -0.05) is 12.1 Å². The molecule has 0 unspecified atom stereocenters. The molecule has 0 radical (unpaired) electrons. The summed E-state index contributed by atoms with van der Waals surface area (Å²) in [7, 11) is -0.618. The molecule has 5 nitrogen and oxygen atoms in total. The van der Waals surface area contributed by atoms with Crippen molar-refractivity contribution >= 4 is 27.1 Å². The molecule has 2 rings (SSSR count). The summed E-state index contributed by atoms with van der Waals surface area (Å²) in [4.78, 5) is 1.59. The van der Waals surface area contributed by atoms with Crippen LogP contribution in [-0.4, -0.2) is 22.5 Å². The number of anilines is 3. The number of nitrogens with zero attached hydrogens (tertiary/aromatic N) is 1. The average Bonchev–Trinajstić information content (AvgIpc) is 2.46. The van der Waals surface area contributed by atoms with E-state index in [2.05, 4.69) is 4.72 Å². The molecule has 0 spiro atoms. The number of sulfonamides is 1. The highest BCUT2D eigenvalue weighted by molar-refractivity contribution is 7.89. The van der Waals surface area contributed by atoms with Crippen molar-refractivity contribution in [1.29, 1.82) is 0 Å². The normalized spacial score (nSPS) is 11.4. The van der Waals surface area contributed by atoms with Gasteiger partial charge in [-0.15, -0.1) is 0 Å². The molecule has 0 bridgehead atoms. The van der Waals surface area contributed by atoms with Gasteiger partial charge in [-0.2, -0.15) is 0 Å². The van der Waals surface area contributed by atoms with Crippen molar-refractivity contribution in [2.75, 3.05) is 24.7 Å².